The summed E-state index contributed by atoms with van der Waals surface area (Å²) in [6.45, 7) is 1.80. The fourth-order valence-corrected chi connectivity index (χ4v) is 2.97. The van der Waals surface area contributed by atoms with E-state index in [1.54, 1.807) is 18.2 Å². The van der Waals surface area contributed by atoms with Crippen molar-refractivity contribution in [2.24, 2.45) is 23.3 Å². The predicted molar refractivity (Wildman–Crippen MR) is 87.9 cm³/mol. The molecule has 0 spiro atoms. The second-order valence-corrected chi connectivity index (χ2v) is 5.95. The van der Waals surface area contributed by atoms with Crippen molar-refractivity contribution in [3.05, 3.63) is 35.6 Å². The first-order valence-electron chi connectivity index (χ1n) is 7.47. The van der Waals surface area contributed by atoms with Crippen LogP contribution in [0, 0.1) is 17.7 Å². The summed E-state index contributed by atoms with van der Waals surface area (Å²) in [6, 6.07) is 6.30. The zero-order chi connectivity index (χ0) is 16.1. The van der Waals surface area contributed by atoms with Crippen molar-refractivity contribution >= 4 is 12.3 Å². The number of rotatable bonds is 4. The highest BCUT2D eigenvalue weighted by Crippen LogP contribution is 2.44. The lowest BCUT2D eigenvalue weighted by atomic mass is 10.0. The maximum atomic E-state index is 13.5. The van der Waals surface area contributed by atoms with E-state index in [1.807, 2.05) is 4.90 Å². The number of amides is 2. The fraction of sp³-hybridized carbons (Fsp3) is 0.529. The fourth-order valence-electron chi connectivity index (χ4n) is 2.97. The molecule has 1 saturated heterocycles. The SMILES string of the molecule is C.NC(CC(=O)N1CC2CC2C1)Cc1ccccc1F.NC=O. The Hall–Kier alpha value is -1.95. The van der Waals surface area contributed by atoms with Crippen LogP contribution >= 0.6 is 0 Å². The van der Waals surface area contributed by atoms with Gasteiger partial charge in [-0.25, -0.2) is 4.39 Å². The van der Waals surface area contributed by atoms with Crippen molar-refractivity contribution in [3.63, 3.8) is 0 Å². The van der Waals surface area contributed by atoms with Crippen molar-refractivity contribution < 1.29 is 14.0 Å². The minimum atomic E-state index is -0.304. The molecule has 0 bridgehead atoms. The third-order valence-corrected chi connectivity index (χ3v) is 4.21. The molecule has 2 aliphatic rings. The van der Waals surface area contributed by atoms with Gasteiger partial charge < -0.3 is 16.4 Å². The van der Waals surface area contributed by atoms with Crippen molar-refractivity contribution in [1.82, 2.24) is 4.90 Å². The molecule has 1 heterocycles. The number of hydrogen-bond donors (Lipinski definition) is 2. The van der Waals surface area contributed by atoms with Crippen LogP contribution in [0.3, 0.4) is 0 Å². The second kappa shape index (κ2) is 8.62. The van der Waals surface area contributed by atoms with Crippen LogP contribution in [-0.2, 0) is 16.0 Å². The number of benzene rings is 1. The number of carbonyl (C=O) groups excluding carboxylic acids is 2. The third-order valence-electron chi connectivity index (χ3n) is 4.21. The summed E-state index contributed by atoms with van der Waals surface area (Å²) in [5.41, 5.74) is 10.7. The maximum absolute atomic E-state index is 13.5. The van der Waals surface area contributed by atoms with Gasteiger partial charge in [0.1, 0.15) is 5.82 Å². The highest BCUT2D eigenvalue weighted by atomic mass is 19.1. The Morgan fingerprint density at radius 1 is 1.35 bits per heavy atom. The molecule has 3 rings (SSSR count). The van der Waals surface area contributed by atoms with Crippen LogP contribution in [0.5, 0.6) is 0 Å². The molecule has 0 aromatic heterocycles. The first-order chi connectivity index (χ1) is 10.5. The van der Waals surface area contributed by atoms with Crippen molar-refractivity contribution in [3.8, 4) is 0 Å². The van der Waals surface area contributed by atoms with Crippen LogP contribution in [-0.4, -0.2) is 36.3 Å². The zero-order valence-electron chi connectivity index (χ0n) is 12.5. The molecule has 3 atom stereocenters. The van der Waals surface area contributed by atoms with E-state index in [0.717, 1.165) is 24.9 Å². The van der Waals surface area contributed by atoms with Gasteiger partial charge in [-0.05, 0) is 36.3 Å². The molecule has 1 aliphatic heterocycles. The molecule has 2 fully saturated rings. The van der Waals surface area contributed by atoms with Gasteiger partial charge in [0.2, 0.25) is 12.3 Å². The van der Waals surface area contributed by atoms with Crippen LogP contribution in [0.15, 0.2) is 24.3 Å². The number of fused-ring (bicyclic) bond motifs is 1. The molecule has 4 N–H and O–H groups in total. The molecular weight excluding hydrogens is 297 g/mol. The number of hydrogen-bond acceptors (Lipinski definition) is 3. The summed E-state index contributed by atoms with van der Waals surface area (Å²) in [7, 11) is 0. The first-order valence-corrected chi connectivity index (χ1v) is 7.47. The van der Waals surface area contributed by atoms with E-state index in [0.29, 0.717) is 18.4 Å². The number of carbonyl (C=O) groups is 2. The number of nitrogens with two attached hydrogens (primary N) is 2. The van der Waals surface area contributed by atoms with Gasteiger partial charge in [-0.2, -0.15) is 0 Å². The lowest BCUT2D eigenvalue weighted by Crippen LogP contribution is -2.36. The monoisotopic (exact) mass is 323 g/mol. The van der Waals surface area contributed by atoms with Crippen LogP contribution in [0.4, 0.5) is 4.39 Å². The Morgan fingerprint density at radius 3 is 2.48 bits per heavy atom. The molecule has 128 valence electrons. The molecule has 3 unspecified atom stereocenters. The van der Waals surface area contributed by atoms with Crippen molar-refractivity contribution in [2.45, 2.75) is 32.7 Å². The number of primary amides is 1. The summed E-state index contributed by atoms with van der Waals surface area (Å²) >= 11 is 0. The molecule has 5 nitrogen and oxygen atoms in total. The van der Waals surface area contributed by atoms with Crippen LogP contribution in [0.1, 0.15) is 25.8 Å². The molecule has 1 aromatic carbocycles. The van der Waals surface area contributed by atoms with Crippen LogP contribution in [0.25, 0.3) is 0 Å². The van der Waals surface area contributed by atoms with E-state index in [1.165, 1.54) is 12.5 Å². The molecule has 2 amide bonds. The van der Waals surface area contributed by atoms with Crippen molar-refractivity contribution in [2.75, 3.05) is 13.1 Å². The molecule has 0 radical (unpaired) electrons. The van der Waals surface area contributed by atoms with Crippen LogP contribution < -0.4 is 11.5 Å². The minimum Gasteiger partial charge on any atom is -0.372 e. The Bertz CT molecular complexity index is 528. The van der Waals surface area contributed by atoms with E-state index in [2.05, 4.69) is 5.73 Å². The molecule has 1 saturated carbocycles. The van der Waals surface area contributed by atoms with Gasteiger partial charge >= 0.3 is 0 Å². The van der Waals surface area contributed by atoms with E-state index in [-0.39, 0.29) is 31.6 Å². The predicted octanol–water partition coefficient (Wildman–Crippen LogP) is 1.30. The van der Waals surface area contributed by atoms with Crippen LogP contribution in [0.2, 0.25) is 0 Å². The zero-order valence-corrected chi connectivity index (χ0v) is 12.5. The Kier molecular flexibility index (Phi) is 7.16. The Morgan fingerprint density at radius 2 is 1.91 bits per heavy atom. The third kappa shape index (κ3) is 5.32. The van der Waals surface area contributed by atoms with Gasteiger partial charge in [-0.1, -0.05) is 25.6 Å². The number of halogens is 1. The number of likely N-dealkylation sites (tertiary alicyclic amines) is 1. The summed E-state index contributed by atoms with van der Waals surface area (Å²) in [6.07, 6.45) is 2.26. The normalized spacial score (nSPS) is 22.1. The Labute approximate surface area is 136 Å². The summed E-state index contributed by atoms with van der Waals surface area (Å²) in [5, 5.41) is 0. The van der Waals surface area contributed by atoms with E-state index < -0.39 is 0 Å². The van der Waals surface area contributed by atoms with E-state index >= 15 is 0 Å². The standard InChI is InChI=1S/C15H19FN2O.CH3NO.CH4/c16-14-4-2-1-3-10(14)6-13(17)7-15(19)18-8-11-5-12(11)9-18;2-1-3;/h1-4,11-13H,5-9,17H2;1H,(H2,2,3);1H4. The second-order valence-electron chi connectivity index (χ2n) is 5.95. The topological polar surface area (TPSA) is 89.4 Å². The molecular formula is C17H26FN3O2. The number of nitrogens with zero attached hydrogens (tertiary/aromatic N) is 1. The largest absolute Gasteiger partial charge is 0.372 e. The molecule has 1 aliphatic carbocycles. The maximum Gasteiger partial charge on any atom is 0.224 e. The Balaban J connectivity index is 0.000000615. The summed E-state index contributed by atoms with van der Waals surface area (Å²) in [5.74, 6) is 1.36. The first kappa shape index (κ1) is 19.1. The quantitative estimate of drug-likeness (QED) is 0.819. The average molecular weight is 323 g/mol. The lowest BCUT2D eigenvalue weighted by molar-refractivity contribution is -0.131. The highest BCUT2D eigenvalue weighted by molar-refractivity contribution is 5.77. The van der Waals surface area contributed by atoms with Gasteiger partial charge in [-0.15, -0.1) is 0 Å². The lowest BCUT2D eigenvalue weighted by Gasteiger charge is -2.20. The van der Waals surface area contributed by atoms with Gasteiger partial charge in [0, 0.05) is 25.6 Å². The molecule has 6 heteroatoms. The number of piperidine rings is 1. The molecule has 23 heavy (non-hydrogen) atoms. The van der Waals surface area contributed by atoms with Gasteiger partial charge in [0.05, 0.1) is 0 Å². The smallest absolute Gasteiger partial charge is 0.224 e. The summed E-state index contributed by atoms with van der Waals surface area (Å²) < 4.78 is 13.5. The van der Waals surface area contributed by atoms with Gasteiger partial charge in [0.25, 0.3) is 0 Å². The van der Waals surface area contributed by atoms with E-state index in [4.69, 9.17) is 10.5 Å². The summed E-state index contributed by atoms with van der Waals surface area (Å²) in [4.78, 5) is 22.5. The van der Waals surface area contributed by atoms with Crippen molar-refractivity contribution in [1.29, 1.82) is 0 Å². The minimum absolute atomic E-state index is 0. The van der Waals surface area contributed by atoms with Gasteiger partial charge in [0.15, 0.2) is 0 Å². The molecule has 1 aromatic rings. The van der Waals surface area contributed by atoms with Gasteiger partial charge in [-0.3, -0.25) is 9.59 Å². The highest BCUT2D eigenvalue weighted by Gasteiger charge is 2.46. The van der Waals surface area contributed by atoms with E-state index in [9.17, 15) is 9.18 Å². The average Bonchev–Trinajstić information content (AvgIpc) is 3.08.